The third-order valence-corrected chi connectivity index (χ3v) is 7.68. The quantitative estimate of drug-likeness (QED) is 0.489. The maximum atomic E-state index is 12.7. The molecule has 7 nitrogen and oxygen atoms in total. The normalized spacial score (nSPS) is 18.5. The van der Waals surface area contributed by atoms with E-state index in [1.807, 2.05) is 31.2 Å². The minimum absolute atomic E-state index is 0.152. The molecule has 2 aliphatic heterocycles. The molecule has 2 N–H and O–H groups in total. The smallest absolute Gasteiger partial charge is 0.325 e. The highest BCUT2D eigenvalue weighted by molar-refractivity contribution is 7.19. The van der Waals surface area contributed by atoms with E-state index in [2.05, 4.69) is 15.6 Å². The van der Waals surface area contributed by atoms with E-state index in [0.29, 0.717) is 5.02 Å². The Morgan fingerprint density at radius 1 is 1.21 bits per heavy atom. The number of hydrogen-bond donors (Lipinski definition) is 2. The Kier molecular flexibility index (Phi) is 6.00. The van der Waals surface area contributed by atoms with E-state index in [1.54, 1.807) is 20.0 Å². The van der Waals surface area contributed by atoms with E-state index in [-0.39, 0.29) is 24.6 Å². The third kappa shape index (κ3) is 4.26. The van der Waals surface area contributed by atoms with Crippen molar-refractivity contribution in [2.75, 3.05) is 13.1 Å². The number of aromatic nitrogens is 1. The van der Waals surface area contributed by atoms with Crippen molar-refractivity contribution in [2.45, 2.75) is 51.8 Å². The molecule has 0 spiro atoms. The summed E-state index contributed by atoms with van der Waals surface area (Å²) in [7, 11) is 0. The number of fused-ring (bicyclic) bond motifs is 1. The summed E-state index contributed by atoms with van der Waals surface area (Å²) in [5, 5.41) is 6.75. The number of nitrogens with one attached hydrogen (secondary N) is 2. The number of ether oxygens (including phenoxy) is 1. The molecule has 4 heterocycles. The first-order valence-electron chi connectivity index (χ1n) is 11.4. The van der Waals surface area contributed by atoms with Crippen LogP contribution in [0.15, 0.2) is 30.5 Å². The highest BCUT2D eigenvalue weighted by atomic mass is 35.5. The van der Waals surface area contributed by atoms with Crippen molar-refractivity contribution in [3.8, 4) is 16.9 Å². The van der Waals surface area contributed by atoms with Crippen LogP contribution >= 0.6 is 22.9 Å². The lowest BCUT2D eigenvalue weighted by atomic mass is 10.0. The molecular weight excluding hydrogens is 472 g/mol. The van der Waals surface area contributed by atoms with Gasteiger partial charge in [-0.05, 0) is 76.5 Å². The minimum atomic E-state index is -0.892. The molecule has 0 atom stereocenters. The molecule has 34 heavy (non-hydrogen) atoms. The van der Waals surface area contributed by atoms with Gasteiger partial charge >= 0.3 is 6.03 Å². The van der Waals surface area contributed by atoms with E-state index in [4.69, 9.17) is 16.3 Å². The molecule has 5 rings (SSSR count). The molecule has 3 aromatic rings. The number of aryl methyl sites for hydroxylation is 1. The van der Waals surface area contributed by atoms with Crippen LogP contribution in [0.3, 0.4) is 0 Å². The molecule has 2 saturated heterocycles. The van der Waals surface area contributed by atoms with E-state index in [1.165, 1.54) is 16.2 Å². The van der Waals surface area contributed by atoms with Crippen molar-refractivity contribution in [2.24, 2.45) is 0 Å². The van der Waals surface area contributed by atoms with Gasteiger partial charge in [0.2, 0.25) is 0 Å². The van der Waals surface area contributed by atoms with Crippen LogP contribution in [-0.4, -0.2) is 46.6 Å². The van der Waals surface area contributed by atoms with Crippen LogP contribution < -0.4 is 15.4 Å². The van der Waals surface area contributed by atoms with E-state index < -0.39 is 5.54 Å². The fourth-order valence-corrected chi connectivity index (χ4v) is 5.96. The number of halogens is 1. The zero-order valence-corrected chi connectivity index (χ0v) is 21.0. The largest absolute Gasteiger partial charge is 0.489 e. The van der Waals surface area contributed by atoms with Gasteiger partial charge in [-0.2, -0.15) is 0 Å². The first kappa shape index (κ1) is 23.1. The van der Waals surface area contributed by atoms with Crippen LogP contribution in [0.5, 0.6) is 5.75 Å². The molecular formula is C25H27ClN4O3S. The second-order valence-corrected chi connectivity index (χ2v) is 11.0. The third-order valence-electron chi connectivity index (χ3n) is 6.32. The van der Waals surface area contributed by atoms with Crippen LogP contribution in [0.25, 0.3) is 21.3 Å². The molecule has 2 aliphatic rings. The number of carbonyl (C=O) groups excluding carboxylic acids is 2. The predicted molar refractivity (Wildman–Crippen MR) is 134 cm³/mol. The monoisotopic (exact) mass is 498 g/mol. The predicted octanol–water partition coefficient (Wildman–Crippen LogP) is 4.89. The standard InChI is InChI=1S/C25H27ClN4O3S/c1-14-10-15(26)11-19(21(14)33-16-4-7-27-8-5-16)18-6-9-28-20-12-17(34-22(18)20)13-30-23(31)25(2,3)29-24(30)32/h6,9-12,16,27H,4-5,7-8,13H2,1-3H3,(H,29,32). The summed E-state index contributed by atoms with van der Waals surface area (Å²) in [6.45, 7) is 7.54. The Hall–Kier alpha value is -2.68. The van der Waals surface area contributed by atoms with Crippen molar-refractivity contribution >= 4 is 45.1 Å². The molecule has 1 aromatic carbocycles. The number of pyridine rings is 1. The van der Waals surface area contributed by atoms with Crippen LogP contribution in [0.2, 0.25) is 5.02 Å². The van der Waals surface area contributed by atoms with Gasteiger partial charge in [0.15, 0.2) is 0 Å². The lowest BCUT2D eigenvalue weighted by molar-refractivity contribution is -0.130. The van der Waals surface area contributed by atoms with Crippen molar-refractivity contribution in [3.63, 3.8) is 0 Å². The van der Waals surface area contributed by atoms with Gasteiger partial charge < -0.3 is 15.4 Å². The summed E-state index contributed by atoms with van der Waals surface area (Å²) in [6, 6.07) is 7.42. The molecule has 2 fully saturated rings. The number of imide groups is 1. The molecule has 2 aromatic heterocycles. The molecule has 0 saturated carbocycles. The van der Waals surface area contributed by atoms with Crippen LogP contribution in [-0.2, 0) is 11.3 Å². The number of thiophene rings is 1. The van der Waals surface area contributed by atoms with Crippen molar-refractivity contribution in [3.05, 3.63) is 45.9 Å². The van der Waals surface area contributed by atoms with Crippen molar-refractivity contribution < 1.29 is 14.3 Å². The highest BCUT2D eigenvalue weighted by Crippen LogP contribution is 2.42. The van der Waals surface area contributed by atoms with Crippen molar-refractivity contribution in [1.29, 1.82) is 0 Å². The Balaban J connectivity index is 1.53. The van der Waals surface area contributed by atoms with Gasteiger partial charge in [0.1, 0.15) is 17.4 Å². The van der Waals surface area contributed by atoms with E-state index >= 15 is 0 Å². The average Bonchev–Trinajstić information content (AvgIpc) is 3.29. The zero-order chi connectivity index (χ0) is 24.0. The molecule has 3 amide bonds. The number of urea groups is 1. The zero-order valence-electron chi connectivity index (χ0n) is 19.4. The van der Waals surface area contributed by atoms with E-state index in [0.717, 1.165) is 63.5 Å². The van der Waals surface area contributed by atoms with Crippen molar-refractivity contribution in [1.82, 2.24) is 20.5 Å². The van der Waals surface area contributed by atoms with Gasteiger partial charge in [-0.25, -0.2) is 4.79 Å². The van der Waals surface area contributed by atoms with Gasteiger partial charge in [-0.3, -0.25) is 14.7 Å². The molecule has 0 radical (unpaired) electrons. The molecule has 0 aliphatic carbocycles. The van der Waals surface area contributed by atoms with E-state index in [9.17, 15) is 9.59 Å². The van der Waals surface area contributed by atoms with Gasteiger partial charge in [0, 0.05) is 27.2 Å². The fourth-order valence-electron chi connectivity index (χ4n) is 4.56. The number of piperidine rings is 1. The molecule has 178 valence electrons. The first-order valence-corrected chi connectivity index (χ1v) is 12.6. The summed E-state index contributed by atoms with van der Waals surface area (Å²) in [5.41, 5.74) is 2.82. The van der Waals surface area contributed by atoms with Gasteiger partial charge in [0.25, 0.3) is 5.91 Å². The summed E-state index contributed by atoms with van der Waals surface area (Å²) in [5.74, 6) is 0.612. The first-order chi connectivity index (χ1) is 16.2. The summed E-state index contributed by atoms with van der Waals surface area (Å²) in [6.07, 6.45) is 3.84. The number of nitrogens with zero attached hydrogens (tertiary/aromatic N) is 2. The van der Waals surface area contributed by atoms with Crippen LogP contribution in [0, 0.1) is 6.92 Å². The highest BCUT2D eigenvalue weighted by Gasteiger charge is 2.44. The molecule has 0 bridgehead atoms. The SMILES string of the molecule is Cc1cc(Cl)cc(-c2ccnc3cc(CN4C(=O)NC(C)(C)C4=O)sc23)c1OC1CCNCC1. The molecule has 9 heteroatoms. The lowest BCUT2D eigenvalue weighted by Crippen LogP contribution is -2.40. The number of rotatable bonds is 5. The van der Waals surface area contributed by atoms with Gasteiger partial charge in [0.05, 0.1) is 16.8 Å². The Labute approximate surface area is 207 Å². The van der Waals surface area contributed by atoms with Gasteiger partial charge in [-0.1, -0.05) is 11.6 Å². The summed E-state index contributed by atoms with van der Waals surface area (Å²) < 4.78 is 7.49. The lowest BCUT2D eigenvalue weighted by Gasteiger charge is -2.26. The average molecular weight is 499 g/mol. The summed E-state index contributed by atoms with van der Waals surface area (Å²) >= 11 is 8.01. The number of hydrogen-bond acceptors (Lipinski definition) is 6. The Morgan fingerprint density at radius 2 is 1.97 bits per heavy atom. The fraction of sp³-hybridized carbons (Fsp3) is 0.400. The van der Waals surface area contributed by atoms with Crippen LogP contribution in [0.4, 0.5) is 4.79 Å². The van der Waals surface area contributed by atoms with Gasteiger partial charge in [-0.15, -0.1) is 11.3 Å². The second-order valence-electron chi connectivity index (χ2n) is 9.40. The second kappa shape index (κ2) is 8.83. The molecule has 0 unspecified atom stereocenters. The number of amides is 3. The number of carbonyl (C=O) groups is 2. The van der Waals surface area contributed by atoms with Crippen LogP contribution in [0.1, 0.15) is 37.1 Å². The summed E-state index contributed by atoms with van der Waals surface area (Å²) in [4.78, 5) is 31.7. The maximum Gasteiger partial charge on any atom is 0.325 e. The topological polar surface area (TPSA) is 83.6 Å². The number of benzene rings is 1. The Morgan fingerprint density at radius 3 is 2.68 bits per heavy atom. The minimum Gasteiger partial charge on any atom is -0.489 e. The Bertz CT molecular complexity index is 1280. The maximum absolute atomic E-state index is 12.7.